The quantitative estimate of drug-likeness (QED) is 0.221. The summed E-state index contributed by atoms with van der Waals surface area (Å²) in [4.78, 5) is 22.3. The number of hydrogen-bond donors (Lipinski definition) is 2. The molecule has 0 amide bonds. The average molecular weight is 544 g/mol. The van der Waals surface area contributed by atoms with Crippen LogP contribution < -0.4 is 9.47 Å². The van der Waals surface area contributed by atoms with Gasteiger partial charge in [-0.05, 0) is 55.2 Å². The van der Waals surface area contributed by atoms with Crippen molar-refractivity contribution in [1.29, 1.82) is 0 Å². The summed E-state index contributed by atoms with van der Waals surface area (Å²) in [6.07, 6.45) is 4.95. The highest BCUT2D eigenvalue weighted by atomic mass is 19.1. The Bertz CT molecular complexity index is 1730. The number of aromatic amines is 2. The minimum Gasteiger partial charge on any atom is -0.492 e. The van der Waals surface area contributed by atoms with Crippen LogP contribution in [0, 0.1) is 18.6 Å². The molecule has 1 unspecified atom stereocenters. The molecule has 5 aromatic rings. The predicted octanol–water partition coefficient (Wildman–Crippen LogP) is 6.76. The molecule has 1 aliphatic rings. The molecule has 1 aliphatic heterocycles. The smallest absolute Gasteiger partial charge is 0.305 e. The first kappa shape index (κ1) is 25.6. The zero-order chi connectivity index (χ0) is 27.8. The van der Waals surface area contributed by atoms with Crippen molar-refractivity contribution in [2.45, 2.75) is 32.1 Å². The Morgan fingerprint density at radius 3 is 2.88 bits per heavy atom. The van der Waals surface area contributed by atoms with Gasteiger partial charge in [0.25, 0.3) is 0 Å². The molecule has 0 spiro atoms. The number of benzene rings is 3. The van der Waals surface area contributed by atoms with Crippen LogP contribution in [0.3, 0.4) is 0 Å². The highest BCUT2D eigenvalue weighted by molar-refractivity contribution is 5.85. The largest absolute Gasteiger partial charge is 0.492 e. The lowest BCUT2D eigenvalue weighted by Crippen LogP contribution is -2.20. The molecule has 2 N–H and O–H groups in total. The first-order valence-corrected chi connectivity index (χ1v) is 13.0. The van der Waals surface area contributed by atoms with E-state index < -0.39 is 11.6 Å². The van der Waals surface area contributed by atoms with E-state index in [1.165, 1.54) is 31.4 Å². The third-order valence-corrected chi connectivity index (χ3v) is 7.36. The molecule has 0 bridgehead atoms. The van der Waals surface area contributed by atoms with Gasteiger partial charge in [0.1, 0.15) is 23.1 Å². The summed E-state index contributed by atoms with van der Waals surface area (Å²) in [6, 6.07) is 13.4. The second-order valence-corrected chi connectivity index (χ2v) is 9.88. The maximum Gasteiger partial charge on any atom is 0.305 e. The molecular weight excluding hydrogens is 516 g/mol. The Kier molecular flexibility index (Phi) is 6.71. The van der Waals surface area contributed by atoms with E-state index in [9.17, 15) is 13.6 Å². The Balaban J connectivity index is 1.22. The number of ether oxygens (including phenoxy) is 3. The summed E-state index contributed by atoms with van der Waals surface area (Å²) in [6.45, 7) is 2.19. The van der Waals surface area contributed by atoms with E-state index in [1.807, 2.05) is 24.3 Å². The van der Waals surface area contributed by atoms with Gasteiger partial charge < -0.3 is 24.2 Å². The highest BCUT2D eigenvalue weighted by Crippen LogP contribution is 2.37. The molecule has 3 heterocycles. The molecular formula is C31H27F2N3O4. The molecule has 0 radical (unpaired) electrons. The fraction of sp³-hybridized carbons (Fsp3) is 0.226. The van der Waals surface area contributed by atoms with Gasteiger partial charge >= 0.3 is 5.97 Å². The van der Waals surface area contributed by atoms with Gasteiger partial charge in [-0.2, -0.15) is 0 Å². The molecule has 0 saturated carbocycles. The number of H-pyrrole nitrogens is 2. The number of imidazole rings is 1. The molecule has 0 aliphatic carbocycles. The van der Waals surface area contributed by atoms with Crippen molar-refractivity contribution >= 4 is 16.9 Å². The van der Waals surface area contributed by atoms with Crippen LogP contribution in [0.15, 0.2) is 60.9 Å². The van der Waals surface area contributed by atoms with Crippen LogP contribution in [-0.2, 0) is 22.4 Å². The van der Waals surface area contributed by atoms with Gasteiger partial charge in [0.05, 0.1) is 19.3 Å². The van der Waals surface area contributed by atoms with Crippen molar-refractivity contribution < 1.29 is 27.8 Å². The molecule has 3 aromatic carbocycles. The lowest BCUT2D eigenvalue weighted by atomic mass is 9.92. The Morgan fingerprint density at radius 2 is 2.02 bits per heavy atom. The topological polar surface area (TPSA) is 89.2 Å². The number of methoxy groups -OCH3 is 1. The van der Waals surface area contributed by atoms with Crippen LogP contribution in [0.4, 0.5) is 8.78 Å². The molecule has 1 atom stereocenters. The number of carbonyl (C=O) groups is 1. The van der Waals surface area contributed by atoms with Crippen molar-refractivity contribution in [2.24, 2.45) is 0 Å². The maximum atomic E-state index is 14.9. The third-order valence-electron chi connectivity index (χ3n) is 7.36. The Morgan fingerprint density at radius 1 is 1.15 bits per heavy atom. The molecule has 6 rings (SSSR count). The van der Waals surface area contributed by atoms with Gasteiger partial charge in [-0.3, -0.25) is 4.79 Å². The molecule has 40 heavy (non-hydrogen) atoms. The number of aryl methyl sites for hydroxylation is 2. The van der Waals surface area contributed by atoms with Crippen LogP contribution in [-0.4, -0.2) is 34.6 Å². The molecule has 0 saturated heterocycles. The van der Waals surface area contributed by atoms with Crippen LogP contribution in [0.5, 0.6) is 17.2 Å². The highest BCUT2D eigenvalue weighted by Gasteiger charge is 2.26. The second kappa shape index (κ2) is 10.5. The SMILES string of the molecule is COC(=O)CCc1cccc2c1OCC(c1cnc(-c3cc(Oc4c(F)cc5[nH]ccc5c4C)ccc3F)[nH]1)C2. The molecule has 7 nitrogen and oxygen atoms in total. The Labute approximate surface area is 229 Å². The van der Waals surface area contributed by atoms with Crippen LogP contribution >= 0.6 is 0 Å². The monoisotopic (exact) mass is 543 g/mol. The van der Waals surface area contributed by atoms with E-state index in [4.69, 9.17) is 14.2 Å². The number of nitrogens with zero attached hydrogens (tertiary/aromatic N) is 1. The van der Waals surface area contributed by atoms with Gasteiger partial charge in [0.15, 0.2) is 11.6 Å². The number of nitrogens with one attached hydrogen (secondary N) is 2. The summed E-state index contributed by atoms with van der Waals surface area (Å²) < 4.78 is 46.5. The van der Waals surface area contributed by atoms with Crippen LogP contribution in [0.1, 0.15) is 34.7 Å². The predicted molar refractivity (Wildman–Crippen MR) is 146 cm³/mol. The maximum absolute atomic E-state index is 14.9. The van der Waals surface area contributed by atoms with E-state index in [0.29, 0.717) is 42.1 Å². The van der Waals surface area contributed by atoms with Crippen molar-refractivity contribution in [1.82, 2.24) is 15.0 Å². The minimum absolute atomic E-state index is 0.0167. The zero-order valence-electron chi connectivity index (χ0n) is 22.0. The van der Waals surface area contributed by atoms with Gasteiger partial charge in [-0.25, -0.2) is 13.8 Å². The minimum atomic E-state index is -0.510. The lowest BCUT2D eigenvalue weighted by molar-refractivity contribution is -0.140. The normalized spacial score (nSPS) is 14.6. The number of para-hydroxylation sites is 1. The molecule has 204 valence electrons. The number of fused-ring (bicyclic) bond motifs is 2. The number of hydrogen-bond acceptors (Lipinski definition) is 5. The number of rotatable bonds is 7. The van der Waals surface area contributed by atoms with Crippen molar-refractivity contribution in [3.05, 3.63) is 94.9 Å². The summed E-state index contributed by atoms with van der Waals surface area (Å²) >= 11 is 0. The van der Waals surface area contributed by atoms with E-state index in [0.717, 1.165) is 28.0 Å². The number of carbonyl (C=O) groups excluding carboxylic acids is 1. The summed E-state index contributed by atoms with van der Waals surface area (Å²) in [5, 5.41) is 0.848. The first-order valence-electron chi connectivity index (χ1n) is 13.0. The standard InChI is InChI=1S/C31H27F2N3O4/c1-17-22-10-11-34-26(22)14-25(33)29(17)40-21-7-8-24(32)23(13-21)31-35-15-27(36-31)20-12-19-5-3-4-18(30(19)39-16-20)6-9-28(37)38-2/h3-5,7-8,10-11,13-15,20,34H,6,9,12,16H2,1-2H3,(H,35,36). The average Bonchev–Trinajstić information content (AvgIpc) is 3.65. The summed E-state index contributed by atoms with van der Waals surface area (Å²) in [5.41, 5.74) is 4.35. The lowest BCUT2D eigenvalue weighted by Gasteiger charge is -2.26. The van der Waals surface area contributed by atoms with E-state index >= 15 is 0 Å². The number of esters is 1. The van der Waals surface area contributed by atoms with Crippen LogP contribution in [0.25, 0.3) is 22.3 Å². The summed E-state index contributed by atoms with van der Waals surface area (Å²) in [7, 11) is 1.38. The zero-order valence-corrected chi connectivity index (χ0v) is 22.0. The van der Waals surface area contributed by atoms with E-state index in [2.05, 4.69) is 15.0 Å². The number of halogens is 2. The van der Waals surface area contributed by atoms with Crippen molar-refractivity contribution in [3.63, 3.8) is 0 Å². The molecule has 0 fully saturated rings. The van der Waals surface area contributed by atoms with Crippen molar-refractivity contribution in [2.75, 3.05) is 13.7 Å². The van der Waals surface area contributed by atoms with Crippen LogP contribution in [0.2, 0.25) is 0 Å². The van der Waals surface area contributed by atoms with Crippen molar-refractivity contribution in [3.8, 4) is 28.6 Å². The fourth-order valence-electron chi connectivity index (χ4n) is 5.22. The number of aromatic nitrogens is 3. The second-order valence-electron chi connectivity index (χ2n) is 9.88. The van der Waals surface area contributed by atoms with E-state index in [-0.39, 0.29) is 29.6 Å². The third kappa shape index (κ3) is 4.79. The van der Waals surface area contributed by atoms with Gasteiger partial charge in [-0.1, -0.05) is 18.2 Å². The fourth-order valence-corrected chi connectivity index (χ4v) is 5.22. The van der Waals surface area contributed by atoms with Gasteiger partial charge in [0, 0.05) is 53.0 Å². The van der Waals surface area contributed by atoms with Gasteiger partial charge in [0.2, 0.25) is 0 Å². The van der Waals surface area contributed by atoms with Gasteiger partial charge in [-0.15, -0.1) is 0 Å². The molecule has 2 aromatic heterocycles. The first-order chi connectivity index (χ1) is 19.4. The van der Waals surface area contributed by atoms with E-state index in [1.54, 1.807) is 19.3 Å². The summed E-state index contributed by atoms with van der Waals surface area (Å²) in [5.74, 6) is 0.260. The Hall–Kier alpha value is -4.66. The molecule has 9 heteroatoms.